The summed E-state index contributed by atoms with van der Waals surface area (Å²) in [7, 11) is 0. The zero-order valence-corrected chi connectivity index (χ0v) is 19.2. The highest BCUT2D eigenvalue weighted by Crippen LogP contribution is 2.39. The molecule has 0 aliphatic carbocycles. The summed E-state index contributed by atoms with van der Waals surface area (Å²) in [6.07, 6.45) is 3.63. The number of fused-ring (bicyclic) bond motifs is 1. The van der Waals surface area contributed by atoms with Crippen molar-refractivity contribution in [3.8, 4) is 5.75 Å². The van der Waals surface area contributed by atoms with Crippen LogP contribution in [0.25, 0.3) is 16.8 Å². The Labute approximate surface area is 202 Å². The van der Waals surface area contributed by atoms with Crippen molar-refractivity contribution in [2.24, 2.45) is 4.99 Å². The number of para-hydroxylation sites is 2. The van der Waals surface area contributed by atoms with Crippen molar-refractivity contribution in [2.45, 2.75) is 0 Å². The lowest BCUT2D eigenvalue weighted by molar-refractivity contribution is -0.113. The van der Waals surface area contributed by atoms with Crippen LogP contribution in [0, 0.1) is 0 Å². The van der Waals surface area contributed by atoms with Gasteiger partial charge in [0.05, 0.1) is 16.3 Å². The number of amides is 1. The van der Waals surface area contributed by atoms with Crippen LogP contribution < -0.4 is 9.64 Å². The zero-order valence-electron chi connectivity index (χ0n) is 18.4. The average Bonchev–Trinajstić information content (AvgIpc) is 3.18. The van der Waals surface area contributed by atoms with Gasteiger partial charge in [0.25, 0.3) is 5.91 Å². The van der Waals surface area contributed by atoms with Gasteiger partial charge in [-0.1, -0.05) is 79.4 Å². The van der Waals surface area contributed by atoms with E-state index in [2.05, 4.69) is 12.6 Å². The Bertz CT molecular complexity index is 1410. The summed E-state index contributed by atoms with van der Waals surface area (Å²) >= 11 is 1.36. The minimum Gasteiger partial charge on any atom is -0.489 e. The van der Waals surface area contributed by atoms with Gasteiger partial charge in [0.2, 0.25) is 0 Å². The maximum atomic E-state index is 13.7. The van der Waals surface area contributed by atoms with Gasteiger partial charge in [-0.05, 0) is 58.9 Å². The molecule has 5 rings (SSSR count). The normalized spacial score (nSPS) is 15.9. The number of carbonyl (C=O) groups excluding carboxylic acids is 1. The number of ether oxygens (including phenoxy) is 1. The van der Waals surface area contributed by atoms with E-state index >= 15 is 0 Å². The second kappa shape index (κ2) is 9.81. The zero-order chi connectivity index (χ0) is 23.3. The molecule has 0 bridgehead atoms. The van der Waals surface area contributed by atoms with Crippen LogP contribution in [0.5, 0.6) is 5.75 Å². The Morgan fingerprint density at radius 3 is 2.35 bits per heavy atom. The summed E-state index contributed by atoms with van der Waals surface area (Å²) in [6, 6.07) is 31.3. The molecular formula is C29H22N2O2S. The first kappa shape index (κ1) is 21.7. The van der Waals surface area contributed by atoms with Crippen LogP contribution in [0.15, 0.2) is 120 Å². The van der Waals surface area contributed by atoms with Gasteiger partial charge >= 0.3 is 0 Å². The van der Waals surface area contributed by atoms with E-state index in [1.807, 2.05) is 97.1 Å². The number of thioether (sulfide) groups is 1. The van der Waals surface area contributed by atoms with E-state index in [1.54, 1.807) is 11.0 Å². The van der Waals surface area contributed by atoms with Crippen molar-refractivity contribution in [1.29, 1.82) is 0 Å². The third kappa shape index (κ3) is 4.38. The van der Waals surface area contributed by atoms with E-state index in [-0.39, 0.29) is 5.91 Å². The highest BCUT2D eigenvalue weighted by molar-refractivity contribution is 8.19. The van der Waals surface area contributed by atoms with E-state index in [9.17, 15) is 4.79 Å². The predicted molar refractivity (Wildman–Crippen MR) is 143 cm³/mol. The maximum Gasteiger partial charge on any atom is 0.271 e. The fraction of sp³-hybridized carbons (Fsp3) is 0.0345. The molecule has 0 aromatic heterocycles. The second-order valence-corrected chi connectivity index (χ2v) is 8.62. The Kier molecular flexibility index (Phi) is 6.27. The van der Waals surface area contributed by atoms with Crippen molar-refractivity contribution in [3.05, 3.63) is 120 Å². The van der Waals surface area contributed by atoms with E-state index in [0.717, 1.165) is 27.7 Å². The molecule has 1 amide bonds. The van der Waals surface area contributed by atoms with Crippen LogP contribution in [0.1, 0.15) is 5.56 Å². The molecule has 0 unspecified atom stereocenters. The Hall–Kier alpha value is -4.09. The summed E-state index contributed by atoms with van der Waals surface area (Å²) in [6.45, 7) is 4.14. The van der Waals surface area contributed by atoms with E-state index < -0.39 is 0 Å². The smallest absolute Gasteiger partial charge is 0.271 e. The predicted octanol–water partition coefficient (Wildman–Crippen LogP) is 7.21. The third-order valence-corrected chi connectivity index (χ3v) is 6.33. The molecule has 166 valence electrons. The maximum absolute atomic E-state index is 13.7. The SMILES string of the molecule is C=CCOc1ccc2ccccc2c1/C=C1\SC(=Nc2ccccc2)N(c2ccccc2)C1=O. The first-order chi connectivity index (χ1) is 16.7. The Morgan fingerprint density at radius 1 is 0.882 bits per heavy atom. The quantitative estimate of drug-likeness (QED) is 0.224. The molecule has 0 saturated carbocycles. The monoisotopic (exact) mass is 462 g/mol. The number of aliphatic imine (C=N–C) groups is 1. The van der Waals surface area contributed by atoms with Gasteiger partial charge in [0.15, 0.2) is 5.17 Å². The molecule has 1 fully saturated rings. The van der Waals surface area contributed by atoms with Gasteiger partial charge in [0, 0.05) is 5.56 Å². The lowest BCUT2D eigenvalue weighted by Crippen LogP contribution is -2.28. The minimum absolute atomic E-state index is 0.117. The number of hydrogen-bond acceptors (Lipinski definition) is 4. The molecule has 1 saturated heterocycles. The molecule has 4 aromatic carbocycles. The highest BCUT2D eigenvalue weighted by Gasteiger charge is 2.35. The van der Waals surface area contributed by atoms with Gasteiger partial charge in [-0.2, -0.15) is 0 Å². The summed E-state index contributed by atoms with van der Waals surface area (Å²) in [4.78, 5) is 20.7. The topological polar surface area (TPSA) is 41.9 Å². The van der Waals surface area contributed by atoms with Crippen molar-refractivity contribution in [3.63, 3.8) is 0 Å². The molecule has 0 atom stereocenters. The number of carbonyl (C=O) groups is 1. The first-order valence-electron chi connectivity index (χ1n) is 10.9. The number of anilines is 1. The fourth-order valence-electron chi connectivity index (χ4n) is 3.80. The number of rotatable bonds is 6. The van der Waals surface area contributed by atoms with Gasteiger partial charge in [-0.3, -0.25) is 9.69 Å². The molecule has 0 N–H and O–H groups in total. The third-order valence-electron chi connectivity index (χ3n) is 5.36. The van der Waals surface area contributed by atoms with Crippen molar-refractivity contribution < 1.29 is 9.53 Å². The highest BCUT2D eigenvalue weighted by atomic mass is 32.2. The summed E-state index contributed by atoms with van der Waals surface area (Å²) < 4.78 is 5.95. The van der Waals surface area contributed by atoms with Crippen LogP contribution >= 0.6 is 11.8 Å². The van der Waals surface area contributed by atoms with Crippen LogP contribution in [0.3, 0.4) is 0 Å². The second-order valence-electron chi connectivity index (χ2n) is 7.61. The molecule has 4 aromatic rings. The molecule has 4 nitrogen and oxygen atoms in total. The summed E-state index contributed by atoms with van der Waals surface area (Å²) in [5.74, 6) is 0.590. The lowest BCUT2D eigenvalue weighted by Gasteiger charge is -2.15. The average molecular weight is 463 g/mol. The van der Waals surface area contributed by atoms with Gasteiger partial charge < -0.3 is 4.74 Å². The van der Waals surface area contributed by atoms with Crippen molar-refractivity contribution >= 4 is 51.1 Å². The fourth-order valence-corrected chi connectivity index (χ4v) is 4.78. The van der Waals surface area contributed by atoms with Gasteiger partial charge in [-0.25, -0.2) is 4.99 Å². The van der Waals surface area contributed by atoms with Crippen LogP contribution in [0.2, 0.25) is 0 Å². The van der Waals surface area contributed by atoms with E-state index in [1.165, 1.54) is 11.8 Å². The molecule has 0 radical (unpaired) electrons. The molecule has 1 aliphatic rings. The Morgan fingerprint density at radius 2 is 1.59 bits per heavy atom. The van der Waals surface area contributed by atoms with Crippen LogP contribution in [0.4, 0.5) is 11.4 Å². The standard InChI is InChI=1S/C29H22N2O2S/c1-2-19-33-26-18-17-21-11-9-10-16-24(21)25(26)20-27-28(32)31(23-14-7-4-8-15-23)29(34-27)30-22-12-5-3-6-13-22/h2-18,20H,1,19H2/b27-20-,30-29?. The molecule has 1 aliphatic heterocycles. The number of hydrogen-bond donors (Lipinski definition) is 0. The number of nitrogens with zero attached hydrogens (tertiary/aromatic N) is 2. The summed E-state index contributed by atoms with van der Waals surface area (Å²) in [5.41, 5.74) is 2.43. The first-order valence-corrected chi connectivity index (χ1v) is 11.7. The van der Waals surface area contributed by atoms with E-state index in [0.29, 0.717) is 22.4 Å². The van der Waals surface area contributed by atoms with Gasteiger partial charge in [-0.15, -0.1) is 0 Å². The van der Waals surface area contributed by atoms with Crippen molar-refractivity contribution in [2.75, 3.05) is 11.5 Å². The largest absolute Gasteiger partial charge is 0.489 e. The Balaban J connectivity index is 1.64. The summed E-state index contributed by atoms with van der Waals surface area (Å²) in [5, 5.41) is 2.71. The number of amidine groups is 1. The van der Waals surface area contributed by atoms with Crippen LogP contribution in [-0.4, -0.2) is 17.7 Å². The lowest BCUT2D eigenvalue weighted by atomic mass is 10.0. The molecule has 0 spiro atoms. The molecular weight excluding hydrogens is 440 g/mol. The number of benzene rings is 4. The molecule has 34 heavy (non-hydrogen) atoms. The molecule has 1 heterocycles. The van der Waals surface area contributed by atoms with Gasteiger partial charge in [0.1, 0.15) is 12.4 Å². The van der Waals surface area contributed by atoms with Crippen molar-refractivity contribution in [1.82, 2.24) is 0 Å². The van der Waals surface area contributed by atoms with Crippen LogP contribution in [-0.2, 0) is 4.79 Å². The minimum atomic E-state index is -0.117. The molecule has 5 heteroatoms. The van der Waals surface area contributed by atoms with E-state index in [4.69, 9.17) is 9.73 Å².